The summed E-state index contributed by atoms with van der Waals surface area (Å²) in [5.74, 6) is 1.11. The van der Waals surface area contributed by atoms with E-state index in [0.29, 0.717) is 17.9 Å². The quantitative estimate of drug-likeness (QED) is 0.711. The number of fused-ring (bicyclic) bond motifs is 1. The highest BCUT2D eigenvalue weighted by Gasteiger charge is 2.20. The van der Waals surface area contributed by atoms with Crippen LogP contribution >= 0.6 is 11.3 Å². The second kappa shape index (κ2) is 6.90. The number of hydrogen-bond acceptors (Lipinski definition) is 5. The molecule has 1 aliphatic heterocycles. The fraction of sp³-hybridized carbons (Fsp3) is 0.263. The van der Waals surface area contributed by atoms with E-state index in [4.69, 9.17) is 9.72 Å². The van der Waals surface area contributed by atoms with Gasteiger partial charge in [0.25, 0.3) is 0 Å². The van der Waals surface area contributed by atoms with Gasteiger partial charge in [-0.05, 0) is 17.5 Å². The standard InChI is InChI=1S/C19H18FN3OS/c1-24-15-5-4-13(16(20)9-15)11-23-7-6-17-14(12-23)10-21-19(22-17)18-3-2-8-25-18/h2-5,8-10H,6-7,11-12H2,1H3. The van der Waals surface area contributed by atoms with Crippen LogP contribution in [-0.4, -0.2) is 28.5 Å². The molecule has 1 aliphatic rings. The van der Waals surface area contributed by atoms with Crippen LogP contribution in [0.1, 0.15) is 16.8 Å². The molecule has 3 aromatic rings. The summed E-state index contributed by atoms with van der Waals surface area (Å²) in [6.45, 7) is 2.17. The number of ether oxygens (including phenoxy) is 1. The highest BCUT2D eigenvalue weighted by atomic mass is 32.1. The summed E-state index contributed by atoms with van der Waals surface area (Å²) in [6, 6.07) is 9.07. The Kier molecular flexibility index (Phi) is 4.46. The minimum atomic E-state index is -0.227. The molecule has 0 N–H and O–H groups in total. The maximum atomic E-state index is 14.2. The Labute approximate surface area is 149 Å². The summed E-state index contributed by atoms with van der Waals surface area (Å²) in [5.41, 5.74) is 2.91. The van der Waals surface area contributed by atoms with Crippen molar-refractivity contribution in [2.24, 2.45) is 0 Å². The fourth-order valence-corrected chi connectivity index (χ4v) is 3.72. The molecule has 0 fully saturated rings. The Balaban J connectivity index is 1.50. The molecule has 0 bridgehead atoms. The van der Waals surface area contributed by atoms with E-state index >= 15 is 0 Å². The van der Waals surface area contributed by atoms with E-state index in [1.54, 1.807) is 30.6 Å². The van der Waals surface area contributed by atoms with Gasteiger partial charge >= 0.3 is 0 Å². The molecule has 0 spiro atoms. The molecule has 0 saturated heterocycles. The Bertz CT molecular complexity index is 882. The summed E-state index contributed by atoms with van der Waals surface area (Å²) >= 11 is 1.65. The maximum absolute atomic E-state index is 14.2. The number of benzene rings is 1. The molecule has 128 valence electrons. The zero-order chi connectivity index (χ0) is 17.2. The second-order valence-electron chi connectivity index (χ2n) is 6.06. The van der Waals surface area contributed by atoms with Crippen LogP contribution in [0.3, 0.4) is 0 Å². The lowest BCUT2D eigenvalue weighted by Crippen LogP contribution is -2.31. The summed E-state index contributed by atoms with van der Waals surface area (Å²) in [5, 5.41) is 2.03. The topological polar surface area (TPSA) is 38.2 Å². The third-order valence-corrected chi connectivity index (χ3v) is 5.27. The lowest BCUT2D eigenvalue weighted by atomic mass is 10.1. The zero-order valence-corrected chi connectivity index (χ0v) is 14.7. The first-order valence-corrected chi connectivity index (χ1v) is 9.04. The van der Waals surface area contributed by atoms with Gasteiger partial charge in [-0.2, -0.15) is 0 Å². The minimum absolute atomic E-state index is 0.227. The van der Waals surface area contributed by atoms with Crippen LogP contribution in [0.15, 0.2) is 41.9 Å². The summed E-state index contributed by atoms with van der Waals surface area (Å²) in [7, 11) is 1.54. The lowest BCUT2D eigenvalue weighted by molar-refractivity contribution is 0.239. The average Bonchev–Trinajstić information content (AvgIpc) is 3.17. The molecule has 4 nitrogen and oxygen atoms in total. The molecule has 1 aromatic carbocycles. The van der Waals surface area contributed by atoms with Gasteiger partial charge in [0.15, 0.2) is 5.82 Å². The number of thiophene rings is 1. The SMILES string of the molecule is COc1ccc(CN2CCc3nc(-c4cccs4)ncc3C2)c(F)c1. The van der Waals surface area contributed by atoms with Crippen molar-refractivity contribution in [3.05, 3.63) is 64.5 Å². The molecule has 0 aliphatic carbocycles. The van der Waals surface area contributed by atoms with Crippen molar-refractivity contribution < 1.29 is 9.13 Å². The van der Waals surface area contributed by atoms with Crippen molar-refractivity contribution in [3.63, 3.8) is 0 Å². The number of halogens is 1. The van der Waals surface area contributed by atoms with Gasteiger partial charge < -0.3 is 4.74 Å². The molecule has 0 unspecified atom stereocenters. The lowest BCUT2D eigenvalue weighted by Gasteiger charge is -2.28. The van der Waals surface area contributed by atoms with Crippen LogP contribution in [0.25, 0.3) is 10.7 Å². The number of hydrogen-bond donors (Lipinski definition) is 0. The number of rotatable bonds is 4. The molecule has 0 saturated carbocycles. The molecular weight excluding hydrogens is 337 g/mol. The first-order valence-electron chi connectivity index (χ1n) is 8.16. The molecule has 4 rings (SSSR count). The molecule has 2 aromatic heterocycles. The van der Waals surface area contributed by atoms with Crippen LogP contribution in [-0.2, 0) is 19.5 Å². The Morgan fingerprint density at radius 3 is 3.00 bits per heavy atom. The van der Waals surface area contributed by atoms with Gasteiger partial charge in [0.2, 0.25) is 0 Å². The van der Waals surface area contributed by atoms with Crippen molar-refractivity contribution in [1.82, 2.24) is 14.9 Å². The fourth-order valence-electron chi connectivity index (χ4n) is 3.06. The van der Waals surface area contributed by atoms with Crippen molar-refractivity contribution in [2.45, 2.75) is 19.5 Å². The Morgan fingerprint density at radius 1 is 1.32 bits per heavy atom. The molecule has 0 amide bonds. The number of aromatic nitrogens is 2. The minimum Gasteiger partial charge on any atom is -0.497 e. The van der Waals surface area contributed by atoms with E-state index < -0.39 is 0 Å². The second-order valence-corrected chi connectivity index (χ2v) is 7.01. The van der Waals surface area contributed by atoms with E-state index in [1.807, 2.05) is 23.7 Å². The van der Waals surface area contributed by atoms with E-state index in [0.717, 1.165) is 41.5 Å². The zero-order valence-electron chi connectivity index (χ0n) is 13.9. The molecule has 0 atom stereocenters. The first-order chi connectivity index (χ1) is 12.2. The predicted molar refractivity (Wildman–Crippen MR) is 96.1 cm³/mol. The third-order valence-electron chi connectivity index (χ3n) is 4.41. The van der Waals surface area contributed by atoms with Crippen LogP contribution in [0.4, 0.5) is 4.39 Å². The van der Waals surface area contributed by atoms with Crippen molar-refractivity contribution in [1.29, 1.82) is 0 Å². The molecule has 3 heterocycles. The largest absolute Gasteiger partial charge is 0.497 e. The van der Waals surface area contributed by atoms with Gasteiger partial charge in [0, 0.05) is 49.4 Å². The highest BCUT2D eigenvalue weighted by Crippen LogP contribution is 2.25. The van der Waals surface area contributed by atoms with Gasteiger partial charge in [-0.25, -0.2) is 14.4 Å². The third kappa shape index (κ3) is 3.41. The van der Waals surface area contributed by atoms with Gasteiger partial charge in [0.1, 0.15) is 11.6 Å². The van der Waals surface area contributed by atoms with Crippen molar-refractivity contribution in [2.75, 3.05) is 13.7 Å². The van der Waals surface area contributed by atoms with Gasteiger partial charge in [0.05, 0.1) is 17.7 Å². The molecule has 25 heavy (non-hydrogen) atoms. The number of nitrogens with zero attached hydrogens (tertiary/aromatic N) is 3. The average molecular weight is 355 g/mol. The van der Waals surface area contributed by atoms with Crippen LogP contribution < -0.4 is 4.74 Å². The van der Waals surface area contributed by atoms with Crippen molar-refractivity contribution in [3.8, 4) is 16.5 Å². The Hall–Kier alpha value is -2.31. The maximum Gasteiger partial charge on any atom is 0.169 e. The number of methoxy groups -OCH3 is 1. The van der Waals surface area contributed by atoms with Crippen molar-refractivity contribution >= 4 is 11.3 Å². The van der Waals surface area contributed by atoms with E-state index in [2.05, 4.69) is 9.88 Å². The van der Waals surface area contributed by atoms with Gasteiger partial charge in [-0.1, -0.05) is 12.1 Å². The summed E-state index contributed by atoms with van der Waals surface area (Å²) < 4.78 is 19.2. The van der Waals surface area contributed by atoms with Crippen LogP contribution in [0.2, 0.25) is 0 Å². The normalized spacial score (nSPS) is 14.3. The predicted octanol–water partition coefficient (Wildman–Crippen LogP) is 3.91. The van der Waals surface area contributed by atoms with E-state index in [-0.39, 0.29) is 5.82 Å². The Morgan fingerprint density at radius 2 is 2.24 bits per heavy atom. The van der Waals surface area contributed by atoms with E-state index in [9.17, 15) is 4.39 Å². The van der Waals surface area contributed by atoms with E-state index in [1.165, 1.54) is 6.07 Å². The first kappa shape index (κ1) is 16.2. The van der Waals surface area contributed by atoms with Gasteiger partial charge in [-0.15, -0.1) is 11.3 Å². The monoisotopic (exact) mass is 355 g/mol. The molecular formula is C19H18FN3OS. The molecule has 0 radical (unpaired) electrons. The smallest absolute Gasteiger partial charge is 0.169 e. The summed E-state index contributed by atoms with van der Waals surface area (Å²) in [6.07, 6.45) is 2.77. The van der Waals surface area contributed by atoms with Crippen LogP contribution in [0, 0.1) is 5.82 Å². The van der Waals surface area contributed by atoms with Gasteiger partial charge in [-0.3, -0.25) is 4.90 Å². The van der Waals surface area contributed by atoms with Crippen LogP contribution in [0.5, 0.6) is 5.75 Å². The highest BCUT2D eigenvalue weighted by molar-refractivity contribution is 7.13. The summed E-state index contributed by atoms with van der Waals surface area (Å²) in [4.78, 5) is 12.5. The molecule has 6 heteroatoms.